The molecule has 0 aliphatic carbocycles. The average Bonchev–Trinajstić information content (AvgIpc) is 2.45. The smallest absolute Gasteiger partial charge is 0.303 e. The quantitative estimate of drug-likeness (QED) is 0.813. The molecule has 2 heterocycles. The first kappa shape index (κ1) is 16.2. The van der Waals surface area contributed by atoms with Crippen molar-refractivity contribution in [2.45, 2.75) is 38.7 Å². The van der Waals surface area contributed by atoms with Crippen molar-refractivity contribution in [3.05, 3.63) is 0 Å². The Morgan fingerprint density at radius 1 is 1.29 bits per heavy atom. The monoisotopic (exact) mass is 298 g/mol. The molecule has 0 saturated carbocycles. The number of rotatable bonds is 5. The molecule has 6 nitrogen and oxygen atoms in total. The number of hydrogen-bond acceptors (Lipinski definition) is 4. The van der Waals surface area contributed by atoms with Crippen LogP contribution in [0.5, 0.6) is 0 Å². The van der Waals surface area contributed by atoms with E-state index in [4.69, 9.17) is 9.84 Å². The van der Waals surface area contributed by atoms with E-state index in [0.29, 0.717) is 38.6 Å². The van der Waals surface area contributed by atoms with Crippen LogP contribution in [0.25, 0.3) is 0 Å². The largest absolute Gasteiger partial charge is 0.481 e. The predicted octanol–water partition coefficient (Wildman–Crippen LogP) is 0.810. The molecule has 0 aromatic carbocycles. The second kappa shape index (κ2) is 7.75. The van der Waals surface area contributed by atoms with E-state index in [-0.39, 0.29) is 18.4 Å². The maximum Gasteiger partial charge on any atom is 0.303 e. The molecule has 2 aliphatic rings. The second-order valence-electron chi connectivity index (χ2n) is 6.20. The van der Waals surface area contributed by atoms with Gasteiger partial charge in [0.25, 0.3) is 0 Å². The summed E-state index contributed by atoms with van der Waals surface area (Å²) >= 11 is 0. The van der Waals surface area contributed by atoms with Crippen LogP contribution in [0.3, 0.4) is 0 Å². The molecule has 21 heavy (non-hydrogen) atoms. The van der Waals surface area contributed by atoms with Gasteiger partial charge >= 0.3 is 5.97 Å². The Balaban J connectivity index is 1.76. The maximum absolute atomic E-state index is 12.3. The van der Waals surface area contributed by atoms with Crippen LogP contribution in [0.15, 0.2) is 0 Å². The lowest BCUT2D eigenvalue weighted by molar-refractivity contribution is -0.140. The summed E-state index contributed by atoms with van der Waals surface area (Å²) in [5.74, 6) is -0.152. The zero-order chi connectivity index (χ0) is 15.2. The van der Waals surface area contributed by atoms with Gasteiger partial charge in [0.15, 0.2) is 0 Å². The number of piperidine rings is 1. The number of likely N-dealkylation sites (tertiary alicyclic amines) is 1. The fourth-order valence-corrected chi connectivity index (χ4v) is 3.19. The van der Waals surface area contributed by atoms with Crippen molar-refractivity contribution in [3.63, 3.8) is 0 Å². The van der Waals surface area contributed by atoms with Crippen LogP contribution in [0.4, 0.5) is 0 Å². The molecule has 6 heteroatoms. The number of carboxylic acid groups (broad SMARTS) is 1. The van der Waals surface area contributed by atoms with Crippen molar-refractivity contribution < 1.29 is 19.4 Å². The minimum atomic E-state index is -0.731. The van der Waals surface area contributed by atoms with Crippen molar-refractivity contribution in [3.8, 4) is 0 Å². The predicted molar refractivity (Wildman–Crippen MR) is 78.0 cm³/mol. The number of aliphatic carboxylic acids is 1. The molecule has 2 atom stereocenters. The summed E-state index contributed by atoms with van der Waals surface area (Å²) < 4.78 is 5.46. The Labute approximate surface area is 126 Å². The highest BCUT2D eigenvalue weighted by molar-refractivity contribution is 5.78. The molecule has 0 bridgehead atoms. The van der Waals surface area contributed by atoms with Gasteiger partial charge < -0.3 is 14.7 Å². The molecule has 120 valence electrons. The Morgan fingerprint density at radius 2 is 2.10 bits per heavy atom. The number of carboxylic acids is 1. The number of carbonyl (C=O) groups is 2. The van der Waals surface area contributed by atoms with Crippen LogP contribution in [0.1, 0.15) is 32.6 Å². The average molecular weight is 298 g/mol. The van der Waals surface area contributed by atoms with Crippen LogP contribution in [0, 0.1) is 5.92 Å². The van der Waals surface area contributed by atoms with Gasteiger partial charge in [-0.05, 0) is 38.6 Å². The topological polar surface area (TPSA) is 70.1 Å². The molecular formula is C15H26N2O4. The number of hydrogen-bond donors (Lipinski definition) is 1. The van der Waals surface area contributed by atoms with Gasteiger partial charge in [-0.15, -0.1) is 0 Å². The zero-order valence-electron chi connectivity index (χ0n) is 12.8. The van der Waals surface area contributed by atoms with Crippen LogP contribution < -0.4 is 0 Å². The van der Waals surface area contributed by atoms with Gasteiger partial charge in [-0.3, -0.25) is 14.5 Å². The molecular weight excluding hydrogens is 272 g/mol. The standard InChI is InChI=1S/C15H26N2O4/c1-12-9-17(7-8-21-12)14(18)11-16-6-2-3-13(10-16)4-5-15(19)20/h12-13H,2-11H2,1H3,(H,19,20). The van der Waals surface area contributed by atoms with E-state index < -0.39 is 5.97 Å². The van der Waals surface area contributed by atoms with E-state index in [2.05, 4.69) is 4.90 Å². The van der Waals surface area contributed by atoms with Crippen molar-refractivity contribution in [2.24, 2.45) is 5.92 Å². The molecule has 2 unspecified atom stereocenters. The lowest BCUT2D eigenvalue weighted by Gasteiger charge is -2.36. The van der Waals surface area contributed by atoms with E-state index in [1.54, 1.807) is 0 Å². The van der Waals surface area contributed by atoms with Crippen LogP contribution in [0.2, 0.25) is 0 Å². The van der Waals surface area contributed by atoms with Gasteiger partial charge in [-0.25, -0.2) is 0 Å². The van der Waals surface area contributed by atoms with E-state index in [9.17, 15) is 9.59 Å². The fraction of sp³-hybridized carbons (Fsp3) is 0.867. The minimum absolute atomic E-state index is 0.118. The maximum atomic E-state index is 12.3. The van der Waals surface area contributed by atoms with E-state index in [0.717, 1.165) is 25.9 Å². The fourth-order valence-electron chi connectivity index (χ4n) is 3.19. The molecule has 0 aromatic rings. The highest BCUT2D eigenvalue weighted by atomic mass is 16.5. The number of ether oxygens (including phenoxy) is 1. The molecule has 2 fully saturated rings. The third-order valence-corrected chi connectivity index (χ3v) is 4.32. The number of amides is 1. The van der Waals surface area contributed by atoms with Gasteiger partial charge in [0.1, 0.15) is 0 Å². The molecule has 2 rings (SSSR count). The van der Waals surface area contributed by atoms with Crippen molar-refractivity contribution >= 4 is 11.9 Å². The van der Waals surface area contributed by atoms with E-state index in [1.807, 2.05) is 11.8 Å². The third-order valence-electron chi connectivity index (χ3n) is 4.32. The number of carbonyl (C=O) groups excluding carboxylic acids is 1. The summed E-state index contributed by atoms with van der Waals surface area (Å²) in [5, 5.41) is 8.76. The number of nitrogens with zero attached hydrogens (tertiary/aromatic N) is 2. The highest BCUT2D eigenvalue weighted by Crippen LogP contribution is 2.21. The van der Waals surface area contributed by atoms with Crippen LogP contribution in [-0.2, 0) is 14.3 Å². The molecule has 1 amide bonds. The molecule has 0 radical (unpaired) electrons. The first-order valence-corrected chi connectivity index (χ1v) is 7.88. The zero-order valence-corrected chi connectivity index (χ0v) is 12.8. The summed E-state index contributed by atoms with van der Waals surface area (Å²) in [6.45, 7) is 6.20. The first-order valence-electron chi connectivity index (χ1n) is 7.88. The normalized spacial score (nSPS) is 27.6. The van der Waals surface area contributed by atoms with Crippen molar-refractivity contribution in [1.29, 1.82) is 0 Å². The second-order valence-corrected chi connectivity index (χ2v) is 6.20. The van der Waals surface area contributed by atoms with Crippen LogP contribution >= 0.6 is 0 Å². The summed E-state index contributed by atoms with van der Waals surface area (Å²) in [6.07, 6.45) is 3.19. The molecule has 0 aromatic heterocycles. The van der Waals surface area contributed by atoms with E-state index >= 15 is 0 Å². The molecule has 0 spiro atoms. The Kier molecular flexibility index (Phi) is 5.99. The van der Waals surface area contributed by atoms with Crippen molar-refractivity contribution in [2.75, 3.05) is 39.3 Å². The van der Waals surface area contributed by atoms with Gasteiger partial charge in [0.05, 0.1) is 19.3 Å². The summed E-state index contributed by atoms with van der Waals surface area (Å²) in [6, 6.07) is 0. The minimum Gasteiger partial charge on any atom is -0.481 e. The Morgan fingerprint density at radius 3 is 2.81 bits per heavy atom. The lowest BCUT2D eigenvalue weighted by atomic mass is 9.93. The summed E-state index contributed by atoms with van der Waals surface area (Å²) in [5.41, 5.74) is 0. The van der Waals surface area contributed by atoms with Gasteiger partial charge in [-0.2, -0.15) is 0 Å². The van der Waals surface area contributed by atoms with Gasteiger partial charge in [0, 0.05) is 26.1 Å². The third kappa shape index (κ3) is 5.28. The Hall–Kier alpha value is -1.14. The molecule has 2 saturated heterocycles. The lowest BCUT2D eigenvalue weighted by Crippen LogP contribution is -2.49. The summed E-state index contributed by atoms with van der Waals surface area (Å²) in [7, 11) is 0. The van der Waals surface area contributed by atoms with Gasteiger partial charge in [-0.1, -0.05) is 0 Å². The van der Waals surface area contributed by atoms with Crippen molar-refractivity contribution in [1.82, 2.24) is 9.80 Å². The van der Waals surface area contributed by atoms with Gasteiger partial charge in [0.2, 0.25) is 5.91 Å². The van der Waals surface area contributed by atoms with E-state index in [1.165, 1.54) is 0 Å². The number of morpholine rings is 1. The first-order chi connectivity index (χ1) is 10.0. The Bertz CT molecular complexity index is 375. The van der Waals surface area contributed by atoms with Crippen LogP contribution in [-0.4, -0.2) is 72.2 Å². The summed E-state index contributed by atoms with van der Waals surface area (Å²) in [4.78, 5) is 27.0. The highest BCUT2D eigenvalue weighted by Gasteiger charge is 2.26. The SMILES string of the molecule is CC1CN(C(=O)CN2CCCC(CCC(=O)O)C2)CCO1. The molecule has 1 N–H and O–H groups in total. The molecule has 2 aliphatic heterocycles.